The van der Waals surface area contributed by atoms with Crippen molar-refractivity contribution in [2.45, 2.75) is 26.3 Å². The van der Waals surface area contributed by atoms with Gasteiger partial charge in [0.15, 0.2) is 5.82 Å². The van der Waals surface area contributed by atoms with Crippen molar-refractivity contribution in [3.05, 3.63) is 90.0 Å². The molecule has 3 aromatic carbocycles. The molecule has 6 rings (SSSR count). The summed E-state index contributed by atoms with van der Waals surface area (Å²) >= 11 is 6.37. The number of benzene rings is 3. The fourth-order valence-electron chi connectivity index (χ4n) is 4.72. The lowest BCUT2D eigenvalue weighted by molar-refractivity contribution is 0.413. The normalized spacial score (nSPS) is 11.6. The molecule has 196 valence electrons. The smallest absolute Gasteiger partial charge is 0.219 e. The van der Waals surface area contributed by atoms with Crippen LogP contribution in [-0.2, 0) is 5.54 Å². The van der Waals surface area contributed by atoms with Gasteiger partial charge in [-0.2, -0.15) is 5.26 Å². The lowest BCUT2D eigenvalue weighted by atomic mass is 10.0. The summed E-state index contributed by atoms with van der Waals surface area (Å²) in [6, 6.07) is 21.4. The van der Waals surface area contributed by atoms with Crippen LogP contribution in [0, 0.1) is 11.3 Å². The van der Waals surface area contributed by atoms with Gasteiger partial charge in [0.05, 0.1) is 33.4 Å². The molecule has 0 spiro atoms. The van der Waals surface area contributed by atoms with Crippen molar-refractivity contribution in [3.8, 4) is 45.7 Å². The molecule has 3 heterocycles. The SMILES string of the molecule is CC(C)(C)n1c(-c2cc(-n3cnc(-c4ccccc4Cl)n3)ccc2C#N)nc2cc(-c3cnc(N)nc3)ccc21. The summed E-state index contributed by atoms with van der Waals surface area (Å²) in [5, 5.41) is 15.3. The van der Waals surface area contributed by atoms with E-state index in [2.05, 4.69) is 51.5 Å². The minimum absolute atomic E-state index is 0.222. The molecule has 40 heavy (non-hydrogen) atoms. The van der Waals surface area contributed by atoms with E-state index in [1.54, 1.807) is 35.5 Å². The molecule has 0 fully saturated rings. The van der Waals surface area contributed by atoms with Crippen LogP contribution in [0.3, 0.4) is 0 Å². The van der Waals surface area contributed by atoms with Crippen LogP contribution in [0.5, 0.6) is 0 Å². The first-order valence-corrected chi connectivity index (χ1v) is 12.9. The molecule has 6 aromatic rings. The van der Waals surface area contributed by atoms with Gasteiger partial charge in [0.25, 0.3) is 0 Å². The highest BCUT2D eigenvalue weighted by atomic mass is 35.5. The Morgan fingerprint density at radius 1 is 0.900 bits per heavy atom. The summed E-state index contributed by atoms with van der Waals surface area (Å²) in [6.07, 6.45) is 5.02. The molecule has 0 amide bonds. The Kier molecular flexibility index (Phi) is 6.05. The van der Waals surface area contributed by atoms with Crippen LogP contribution in [0.1, 0.15) is 26.3 Å². The van der Waals surface area contributed by atoms with Crippen molar-refractivity contribution in [3.63, 3.8) is 0 Å². The molecule has 9 nitrogen and oxygen atoms in total. The number of nitrogen functional groups attached to an aromatic ring is 1. The number of hydrogen-bond donors (Lipinski definition) is 1. The molecule has 0 saturated heterocycles. The zero-order chi connectivity index (χ0) is 28.0. The number of halogens is 1. The molecular formula is C30H24ClN9. The summed E-state index contributed by atoms with van der Waals surface area (Å²) in [6.45, 7) is 6.34. The van der Waals surface area contributed by atoms with Gasteiger partial charge in [-0.3, -0.25) is 0 Å². The van der Waals surface area contributed by atoms with Gasteiger partial charge in [0.1, 0.15) is 12.2 Å². The topological polar surface area (TPSA) is 124 Å². The number of hydrogen-bond acceptors (Lipinski definition) is 7. The first kappa shape index (κ1) is 25.2. The van der Waals surface area contributed by atoms with Gasteiger partial charge < -0.3 is 10.3 Å². The monoisotopic (exact) mass is 545 g/mol. The van der Waals surface area contributed by atoms with Gasteiger partial charge in [0, 0.05) is 34.6 Å². The lowest BCUT2D eigenvalue weighted by Crippen LogP contribution is -2.22. The summed E-state index contributed by atoms with van der Waals surface area (Å²) in [4.78, 5) is 17.7. The Hall–Kier alpha value is -5.07. The molecule has 0 saturated carbocycles. The van der Waals surface area contributed by atoms with Crippen molar-refractivity contribution in [2.24, 2.45) is 0 Å². The van der Waals surface area contributed by atoms with Crippen LogP contribution in [-0.4, -0.2) is 34.3 Å². The minimum Gasteiger partial charge on any atom is -0.368 e. The highest BCUT2D eigenvalue weighted by Gasteiger charge is 2.25. The van der Waals surface area contributed by atoms with E-state index in [1.165, 1.54) is 0 Å². The minimum atomic E-state index is -0.330. The molecule has 0 bridgehead atoms. The van der Waals surface area contributed by atoms with Gasteiger partial charge in [-0.05, 0) is 68.8 Å². The number of aromatic nitrogens is 7. The number of nitriles is 1. The molecule has 0 aliphatic rings. The van der Waals surface area contributed by atoms with Crippen LogP contribution >= 0.6 is 11.6 Å². The third kappa shape index (κ3) is 4.44. The highest BCUT2D eigenvalue weighted by Crippen LogP contribution is 2.35. The van der Waals surface area contributed by atoms with E-state index in [-0.39, 0.29) is 11.5 Å². The van der Waals surface area contributed by atoms with E-state index in [0.717, 1.165) is 33.4 Å². The second kappa shape index (κ2) is 9.59. The average molecular weight is 546 g/mol. The summed E-state index contributed by atoms with van der Waals surface area (Å²) in [5.74, 6) is 1.41. The Morgan fingerprint density at radius 2 is 1.68 bits per heavy atom. The van der Waals surface area contributed by atoms with E-state index >= 15 is 0 Å². The third-order valence-corrected chi connectivity index (χ3v) is 6.90. The van der Waals surface area contributed by atoms with Crippen LogP contribution in [0.4, 0.5) is 5.95 Å². The number of anilines is 1. The molecule has 2 N–H and O–H groups in total. The second-order valence-corrected chi connectivity index (χ2v) is 10.7. The van der Waals surface area contributed by atoms with E-state index in [0.29, 0.717) is 27.8 Å². The molecule has 0 unspecified atom stereocenters. The van der Waals surface area contributed by atoms with Crippen molar-refractivity contribution < 1.29 is 0 Å². The van der Waals surface area contributed by atoms with Crippen LogP contribution in [0.15, 0.2) is 79.4 Å². The highest BCUT2D eigenvalue weighted by molar-refractivity contribution is 6.33. The third-order valence-electron chi connectivity index (χ3n) is 6.57. The van der Waals surface area contributed by atoms with Gasteiger partial charge in [-0.1, -0.05) is 29.8 Å². The Balaban J connectivity index is 1.50. The zero-order valence-electron chi connectivity index (χ0n) is 22.0. The maximum Gasteiger partial charge on any atom is 0.219 e. The van der Waals surface area contributed by atoms with Gasteiger partial charge >= 0.3 is 0 Å². The largest absolute Gasteiger partial charge is 0.368 e. The molecule has 0 aliphatic heterocycles. The van der Waals surface area contributed by atoms with Gasteiger partial charge in [0.2, 0.25) is 5.95 Å². The number of fused-ring (bicyclic) bond motifs is 1. The van der Waals surface area contributed by atoms with Crippen molar-refractivity contribution >= 4 is 28.6 Å². The van der Waals surface area contributed by atoms with Crippen molar-refractivity contribution in [2.75, 3.05) is 5.73 Å². The van der Waals surface area contributed by atoms with Crippen LogP contribution in [0.2, 0.25) is 5.02 Å². The second-order valence-electron chi connectivity index (χ2n) is 10.3. The number of rotatable bonds is 4. The molecule has 0 radical (unpaired) electrons. The summed E-state index contributed by atoms with van der Waals surface area (Å²) in [5.41, 5.74) is 11.5. The van der Waals surface area contributed by atoms with E-state index in [9.17, 15) is 5.26 Å². The standard InChI is InChI=1S/C30H24ClN9/c1-30(2,3)40-26-11-9-18(20-15-34-29(33)35-16-20)12-25(26)37-28(40)23-13-21(10-8-19(23)14-32)39-17-36-27(38-39)22-6-4-5-7-24(22)31/h4-13,15-17H,1-3H3,(H2,33,34,35). The fraction of sp³-hybridized carbons (Fsp3) is 0.133. The quantitative estimate of drug-likeness (QED) is 0.277. The van der Waals surface area contributed by atoms with Gasteiger partial charge in [-0.15, -0.1) is 5.10 Å². The number of imidazole rings is 1. The fourth-order valence-corrected chi connectivity index (χ4v) is 4.94. The average Bonchev–Trinajstić information content (AvgIpc) is 3.58. The number of nitrogens with two attached hydrogens (primary N) is 1. The molecule has 10 heteroatoms. The maximum atomic E-state index is 10.0. The summed E-state index contributed by atoms with van der Waals surface area (Å²) < 4.78 is 3.83. The Morgan fingerprint density at radius 3 is 2.40 bits per heavy atom. The van der Waals surface area contributed by atoms with E-state index in [1.807, 2.05) is 48.5 Å². The Labute approximate surface area is 235 Å². The predicted molar refractivity (Wildman–Crippen MR) is 156 cm³/mol. The number of nitrogens with zero attached hydrogens (tertiary/aromatic N) is 8. The van der Waals surface area contributed by atoms with Crippen LogP contribution in [0.25, 0.3) is 50.6 Å². The zero-order valence-corrected chi connectivity index (χ0v) is 22.8. The first-order valence-electron chi connectivity index (χ1n) is 12.6. The van der Waals surface area contributed by atoms with Crippen LogP contribution < -0.4 is 5.73 Å². The molecule has 3 aromatic heterocycles. The predicted octanol–water partition coefficient (Wildman–Crippen LogP) is 6.27. The van der Waals surface area contributed by atoms with Gasteiger partial charge in [-0.25, -0.2) is 24.6 Å². The van der Waals surface area contributed by atoms with Crippen molar-refractivity contribution in [1.82, 2.24) is 34.3 Å². The molecule has 0 atom stereocenters. The lowest BCUT2D eigenvalue weighted by Gasteiger charge is -2.25. The molecule has 0 aliphatic carbocycles. The van der Waals surface area contributed by atoms with Crippen molar-refractivity contribution in [1.29, 1.82) is 5.26 Å². The summed E-state index contributed by atoms with van der Waals surface area (Å²) in [7, 11) is 0. The van der Waals surface area contributed by atoms with E-state index < -0.39 is 0 Å². The molecular weight excluding hydrogens is 522 g/mol. The van der Waals surface area contributed by atoms with E-state index in [4.69, 9.17) is 22.3 Å². The first-order chi connectivity index (χ1) is 19.2. The maximum absolute atomic E-state index is 10.0. The Bertz CT molecular complexity index is 1920.